The number of benzene rings is 1. The highest BCUT2D eigenvalue weighted by molar-refractivity contribution is 7.99. The normalized spacial score (nSPS) is 17.5. The number of nitrogens with one attached hydrogen (secondary N) is 1. The molecule has 2 heterocycles. The van der Waals surface area contributed by atoms with Gasteiger partial charge in [-0.05, 0) is 48.1 Å². The van der Waals surface area contributed by atoms with E-state index in [9.17, 15) is 9.18 Å². The number of furan rings is 1. The fraction of sp³-hybridized carbons (Fsp3) is 0.267. The highest BCUT2D eigenvalue weighted by Gasteiger charge is 2.21. The summed E-state index contributed by atoms with van der Waals surface area (Å²) in [6.07, 6.45) is 0.896. The zero-order valence-corrected chi connectivity index (χ0v) is 12.0. The summed E-state index contributed by atoms with van der Waals surface area (Å²) < 4.78 is 18.6. The third kappa shape index (κ3) is 3.11. The molecule has 0 spiro atoms. The number of fused-ring (bicyclic) bond motifs is 1. The molecule has 4 nitrogen and oxygen atoms in total. The summed E-state index contributed by atoms with van der Waals surface area (Å²) in [5, 5.41) is 12.1. The Balaban J connectivity index is 1.71. The van der Waals surface area contributed by atoms with Gasteiger partial charge in [-0.2, -0.15) is 0 Å². The van der Waals surface area contributed by atoms with Gasteiger partial charge in [-0.1, -0.05) is 0 Å². The van der Waals surface area contributed by atoms with Crippen molar-refractivity contribution < 1.29 is 18.7 Å². The van der Waals surface area contributed by atoms with E-state index in [1.807, 2.05) is 0 Å². The predicted octanol–water partition coefficient (Wildman–Crippen LogP) is 3.44. The van der Waals surface area contributed by atoms with E-state index in [0.29, 0.717) is 12.3 Å². The monoisotopic (exact) mass is 307 g/mol. The third-order valence-electron chi connectivity index (χ3n) is 3.41. The fourth-order valence-electron chi connectivity index (χ4n) is 2.39. The predicted molar refractivity (Wildman–Crippen MR) is 77.0 cm³/mol. The van der Waals surface area contributed by atoms with Gasteiger partial charge in [0.05, 0.1) is 6.54 Å². The lowest BCUT2D eigenvalue weighted by Crippen LogP contribution is -2.24. The molecular weight excluding hydrogens is 293 g/mol. The zero-order chi connectivity index (χ0) is 14.8. The van der Waals surface area contributed by atoms with Crippen molar-refractivity contribution >= 4 is 17.7 Å². The molecule has 1 unspecified atom stereocenters. The zero-order valence-electron chi connectivity index (χ0n) is 11.1. The van der Waals surface area contributed by atoms with Gasteiger partial charge >= 0.3 is 5.97 Å². The molecule has 1 aromatic heterocycles. The van der Waals surface area contributed by atoms with Crippen molar-refractivity contribution in [1.82, 2.24) is 5.32 Å². The number of hydrogen-bond acceptors (Lipinski definition) is 4. The molecule has 0 bridgehead atoms. The Labute approximate surface area is 125 Å². The standard InChI is InChI=1S/C15H14FNO3S/c16-9-1-4-14-11(7-9)12(5-6-21-14)17-8-10-2-3-13(20-10)15(18)19/h1-4,7,12,17H,5-6,8H2,(H,18,19). The van der Waals surface area contributed by atoms with Gasteiger partial charge in [0.25, 0.3) is 0 Å². The number of rotatable bonds is 4. The fourth-order valence-corrected chi connectivity index (χ4v) is 3.49. The van der Waals surface area contributed by atoms with Gasteiger partial charge in [-0.25, -0.2) is 9.18 Å². The Morgan fingerprint density at radius 2 is 2.29 bits per heavy atom. The lowest BCUT2D eigenvalue weighted by atomic mass is 10.0. The van der Waals surface area contributed by atoms with Gasteiger partial charge < -0.3 is 14.8 Å². The molecule has 6 heteroatoms. The number of hydrogen-bond donors (Lipinski definition) is 2. The topological polar surface area (TPSA) is 62.5 Å². The minimum Gasteiger partial charge on any atom is -0.475 e. The van der Waals surface area contributed by atoms with Crippen LogP contribution in [0.1, 0.15) is 34.3 Å². The van der Waals surface area contributed by atoms with Crippen LogP contribution in [-0.2, 0) is 6.54 Å². The molecule has 2 aromatic rings. The molecule has 0 fully saturated rings. The van der Waals surface area contributed by atoms with Gasteiger partial charge in [-0.15, -0.1) is 11.8 Å². The highest BCUT2D eigenvalue weighted by atomic mass is 32.2. The second-order valence-electron chi connectivity index (χ2n) is 4.82. The Bertz CT molecular complexity index is 671. The summed E-state index contributed by atoms with van der Waals surface area (Å²) in [6, 6.07) is 7.96. The van der Waals surface area contributed by atoms with Crippen LogP contribution in [0.15, 0.2) is 39.6 Å². The molecule has 0 aliphatic carbocycles. The van der Waals surface area contributed by atoms with E-state index in [1.54, 1.807) is 30.0 Å². The largest absolute Gasteiger partial charge is 0.475 e. The second-order valence-corrected chi connectivity index (χ2v) is 5.96. The van der Waals surface area contributed by atoms with Gasteiger partial charge in [0.2, 0.25) is 5.76 Å². The van der Waals surface area contributed by atoms with E-state index in [0.717, 1.165) is 22.6 Å². The van der Waals surface area contributed by atoms with Crippen LogP contribution in [0, 0.1) is 5.82 Å². The molecule has 0 saturated heterocycles. The summed E-state index contributed by atoms with van der Waals surface area (Å²) >= 11 is 1.72. The van der Waals surface area contributed by atoms with Crippen molar-refractivity contribution in [2.24, 2.45) is 0 Å². The first-order valence-electron chi connectivity index (χ1n) is 6.61. The molecule has 1 aromatic carbocycles. The summed E-state index contributed by atoms with van der Waals surface area (Å²) in [4.78, 5) is 11.9. The SMILES string of the molecule is O=C(O)c1ccc(CNC2CCSc3ccc(F)cc32)o1. The van der Waals surface area contributed by atoms with E-state index >= 15 is 0 Å². The summed E-state index contributed by atoms with van der Waals surface area (Å²) in [7, 11) is 0. The Kier molecular flexibility index (Phi) is 3.98. The first-order valence-corrected chi connectivity index (χ1v) is 7.59. The summed E-state index contributed by atoms with van der Waals surface area (Å²) in [6.45, 7) is 0.415. The number of carboxylic acids is 1. The average Bonchev–Trinajstić information content (AvgIpc) is 2.94. The third-order valence-corrected chi connectivity index (χ3v) is 4.53. The highest BCUT2D eigenvalue weighted by Crippen LogP contribution is 2.36. The maximum atomic E-state index is 13.4. The molecule has 0 radical (unpaired) electrons. The summed E-state index contributed by atoms with van der Waals surface area (Å²) in [5.74, 6) is 0.132. The molecule has 110 valence electrons. The van der Waals surface area contributed by atoms with Crippen LogP contribution >= 0.6 is 11.8 Å². The van der Waals surface area contributed by atoms with Gasteiger partial charge in [0.15, 0.2) is 0 Å². The van der Waals surface area contributed by atoms with E-state index < -0.39 is 5.97 Å². The van der Waals surface area contributed by atoms with Crippen molar-refractivity contribution in [3.63, 3.8) is 0 Å². The van der Waals surface area contributed by atoms with Crippen LogP contribution in [0.3, 0.4) is 0 Å². The number of carbonyl (C=O) groups is 1. The molecule has 2 N–H and O–H groups in total. The van der Waals surface area contributed by atoms with Crippen molar-refractivity contribution in [3.05, 3.63) is 53.2 Å². The first-order chi connectivity index (χ1) is 10.1. The maximum Gasteiger partial charge on any atom is 0.371 e. The van der Waals surface area contributed by atoms with Gasteiger partial charge in [0.1, 0.15) is 11.6 Å². The smallest absolute Gasteiger partial charge is 0.371 e. The Morgan fingerprint density at radius 3 is 3.05 bits per heavy atom. The summed E-state index contributed by atoms with van der Waals surface area (Å²) in [5.41, 5.74) is 0.955. The number of halogens is 1. The van der Waals surface area contributed by atoms with Crippen LogP contribution in [0.2, 0.25) is 0 Å². The van der Waals surface area contributed by atoms with Crippen molar-refractivity contribution in [1.29, 1.82) is 0 Å². The molecule has 1 aliphatic heterocycles. The van der Waals surface area contributed by atoms with Crippen LogP contribution in [0.4, 0.5) is 4.39 Å². The van der Waals surface area contributed by atoms with E-state index in [2.05, 4.69) is 5.32 Å². The Morgan fingerprint density at radius 1 is 1.43 bits per heavy atom. The molecule has 0 saturated carbocycles. The first kappa shape index (κ1) is 14.2. The lowest BCUT2D eigenvalue weighted by Gasteiger charge is -2.25. The quantitative estimate of drug-likeness (QED) is 0.906. The second kappa shape index (κ2) is 5.91. The van der Waals surface area contributed by atoms with Crippen LogP contribution in [0.25, 0.3) is 0 Å². The van der Waals surface area contributed by atoms with Crippen LogP contribution < -0.4 is 5.32 Å². The molecule has 1 atom stereocenters. The number of carboxylic acid groups (broad SMARTS) is 1. The number of aromatic carboxylic acids is 1. The minimum atomic E-state index is -1.08. The molecule has 1 aliphatic rings. The minimum absolute atomic E-state index is 0.0512. The lowest BCUT2D eigenvalue weighted by molar-refractivity contribution is 0.0660. The molecule has 0 amide bonds. The van der Waals surface area contributed by atoms with E-state index in [1.165, 1.54) is 12.1 Å². The molecule has 3 rings (SSSR count). The average molecular weight is 307 g/mol. The maximum absolute atomic E-state index is 13.4. The molecular formula is C15H14FNO3S. The van der Waals surface area contributed by atoms with Gasteiger partial charge in [-0.3, -0.25) is 0 Å². The molecule has 21 heavy (non-hydrogen) atoms. The number of thioether (sulfide) groups is 1. The van der Waals surface area contributed by atoms with Crippen molar-refractivity contribution in [2.45, 2.75) is 23.9 Å². The van der Waals surface area contributed by atoms with E-state index in [-0.39, 0.29) is 17.6 Å². The van der Waals surface area contributed by atoms with Crippen LogP contribution in [0.5, 0.6) is 0 Å². The van der Waals surface area contributed by atoms with Crippen LogP contribution in [-0.4, -0.2) is 16.8 Å². The van der Waals surface area contributed by atoms with E-state index in [4.69, 9.17) is 9.52 Å². The Hall–Kier alpha value is -1.79. The van der Waals surface area contributed by atoms with Crippen molar-refractivity contribution in [2.75, 3.05) is 5.75 Å². The van der Waals surface area contributed by atoms with Gasteiger partial charge in [0, 0.05) is 10.9 Å². The van der Waals surface area contributed by atoms with Crippen molar-refractivity contribution in [3.8, 4) is 0 Å².